The Morgan fingerprint density at radius 2 is 2.11 bits per heavy atom. The van der Waals surface area contributed by atoms with Crippen LogP contribution in [-0.2, 0) is 4.74 Å². The predicted molar refractivity (Wildman–Crippen MR) is 70.2 cm³/mol. The highest BCUT2D eigenvalue weighted by molar-refractivity contribution is 5.91. The summed E-state index contributed by atoms with van der Waals surface area (Å²) in [5.41, 5.74) is 1.18. The molecule has 0 aliphatic heterocycles. The van der Waals surface area contributed by atoms with Crippen LogP contribution in [0.25, 0.3) is 10.9 Å². The van der Waals surface area contributed by atoms with Crippen LogP contribution in [0.3, 0.4) is 0 Å². The fourth-order valence-electron chi connectivity index (χ4n) is 2.00. The van der Waals surface area contributed by atoms with Gasteiger partial charge in [-0.15, -0.1) is 0 Å². The lowest BCUT2D eigenvalue weighted by molar-refractivity contribution is 0.148. The molecule has 2 rings (SSSR count). The number of carbonyl (C=O) groups excluding carboxylic acids is 1. The molecule has 1 heterocycles. The van der Waals surface area contributed by atoms with E-state index in [0.717, 1.165) is 11.8 Å². The smallest absolute Gasteiger partial charge is 0.418 e. The zero-order chi connectivity index (χ0) is 14.0. The number of hydrogen-bond donors (Lipinski definition) is 0. The van der Waals surface area contributed by atoms with Crippen LogP contribution in [0.1, 0.15) is 19.0 Å². The number of methoxy groups -OCH3 is 1. The Hall–Kier alpha value is -2.04. The lowest BCUT2D eigenvalue weighted by Gasteiger charge is -2.08. The van der Waals surface area contributed by atoms with Gasteiger partial charge < -0.3 is 9.47 Å². The Morgan fingerprint density at radius 3 is 2.74 bits per heavy atom. The molecule has 0 N–H and O–H groups in total. The second-order valence-electron chi connectivity index (χ2n) is 4.28. The van der Waals surface area contributed by atoms with Gasteiger partial charge in [0.15, 0.2) is 11.6 Å². The van der Waals surface area contributed by atoms with Crippen molar-refractivity contribution < 1.29 is 18.7 Å². The normalized spacial score (nSPS) is 10.7. The molecule has 0 atom stereocenters. The fraction of sp³-hybridized carbons (Fsp3) is 0.357. The van der Waals surface area contributed by atoms with Gasteiger partial charge in [-0.25, -0.2) is 13.8 Å². The first-order valence-electron chi connectivity index (χ1n) is 6.11. The number of halogens is 1. The molecule has 0 aliphatic carbocycles. The van der Waals surface area contributed by atoms with E-state index >= 15 is 0 Å². The SMILES string of the molecule is CCCOC(=O)n1c(C)cc2cc(OC)c(F)cc21. The minimum atomic E-state index is -0.502. The molecule has 4 nitrogen and oxygen atoms in total. The lowest BCUT2D eigenvalue weighted by atomic mass is 10.2. The summed E-state index contributed by atoms with van der Waals surface area (Å²) >= 11 is 0. The van der Waals surface area contributed by atoms with Crippen LogP contribution in [0.2, 0.25) is 0 Å². The number of aryl methyl sites for hydroxylation is 1. The number of aromatic nitrogens is 1. The zero-order valence-electron chi connectivity index (χ0n) is 11.2. The predicted octanol–water partition coefficient (Wildman–Crippen LogP) is 3.49. The molecular formula is C14H16FNO3. The highest BCUT2D eigenvalue weighted by Gasteiger charge is 2.16. The van der Waals surface area contributed by atoms with Crippen molar-refractivity contribution in [3.05, 3.63) is 29.7 Å². The van der Waals surface area contributed by atoms with Gasteiger partial charge in [0.2, 0.25) is 0 Å². The molecule has 0 amide bonds. The molecule has 0 radical (unpaired) electrons. The number of carbonyl (C=O) groups is 1. The molecule has 0 saturated carbocycles. The molecule has 102 valence electrons. The average molecular weight is 265 g/mol. The van der Waals surface area contributed by atoms with Gasteiger partial charge >= 0.3 is 6.09 Å². The van der Waals surface area contributed by atoms with Crippen molar-refractivity contribution in [1.29, 1.82) is 0 Å². The Balaban J connectivity index is 2.52. The lowest BCUT2D eigenvalue weighted by Crippen LogP contribution is -2.15. The van der Waals surface area contributed by atoms with E-state index in [1.165, 1.54) is 17.7 Å². The van der Waals surface area contributed by atoms with E-state index < -0.39 is 11.9 Å². The first kappa shape index (κ1) is 13.4. The van der Waals surface area contributed by atoms with Gasteiger partial charge in [0.1, 0.15) is 0 Å². The van der Waals surface area contributed by atoms with E-state index in [4.69, 9.17) is 9.47 Å². The molecule has 0 spiro atoms. The minimum Gasteiger partial charge on any atom is -0.494 e. The first-order valence-corrected chi connectivity index (χ1v) is 6.11. The van der Waals surface area contributed by atoms with E-state index in [1.807, 2.05) is 6.92 Å². The van der Waals surface area contributed by atoms with E-state index in [9.17, 15) is 9.18 Å². The van der Waals surface area contributed by atoms with E-state index in [0.29, 0.717) is 17.8 Å². The Labute approximate surface area is 110 Å². The Morgan fingerprint density at radius 1 is 1.37 bits per heavy atom. The summed E-state index contributed by atoms with van der Waals surface area (Å²) < 4.78 is 25.1. The fourth-order valence-corrected chi connectivity index (χ4v) is 2.00. The number of nitrogens with zero attached hydrogens (tertiary/aromatic N) is 1. The number of fused-ring (bicyclic) bond motifs is 1. The number of benzene rings is 1. The maximum atomic E-state index is 13.7. The summed E-state index contributed by atoms with van der Waals surface area (Å²) in [7, 11) is 1.41. The van der Waals surface area contributed by atoms with Gasteiger partial charge in [0.05, 0.1) is 19.2 Å². The van der Waals surface area contributed by atoms with E-state index in [-0.39, 0.29) is 5.75 Å². The molecule has 0 fully saturated rings. The minimum absolute atomic E-state index is 0.159. The summed E-state index contributed by atoms with van der Waals surface area (Å²) in [5, 5.41) is 0.740. The zero-order valence-corrected chi connectivity index (χ0v) is 11.2. The van der Waals surface area contributed by atoms with Gasteiger partial charge in [0, 0.05) is 17.1 Å². The van der Waals surface area contributed by atoms with Crippen LogP contribution in [0.15, 0.2) is 18.2 Å². The molecule has 1 aromatic heterocycles. The molecule has 0 bridgehead atoms. The molecule has 5 heteroatoms. The first-order chi connectivity index (χ1) is 9.08. The monoisotopic (exact) mass is 265 g/mol. The third-order valence-corrected chi connectivity index (χ3v) is 2.87. The molecule has 0 aliphatic rings. The molecular weight excluding hydrogens is 249 g/mol. The Bertz CT molecular complexity index is 619. The summed E-state index contributed by atoms with van der Waals surface area (Å²) in [5.74, 6) is -0.343. The second-order valence-corrected chi connectivity index (χ2v) is 4.28. The largest absolute Gasteiger partial charge is 0.494 e. The third kappa shape index (κ3) is 2.41. The van der Waals surface area contributed by atoms with Crippen molar-refractivity contribution in [1.82, 2.24) is 4.57 Å². The maximum Gasteiger partial charge on any atom is 0.418 e. The van der Waals surface area contributed by atoms with Gasteiger partial charge in [0.25, 0.3) is 0 Å². The van der Waals surface area contributed by atoms with Gasteiger partial charge in [-0.1, -0.05) is 6.92 Å². The topological polar surface area (TPSA) is 40.5 Å². The molecule has 2 aromatic rings. The highest BCUT2D eigenvalue weighted by atomic mass is 19.1. The maximum absolute atomic E-state index is 13.7. The van der Waals surface area contributed by atoms with Crippen LogP contribution in [0, 0.1) is 12.7 Å². The number of ether oxygens (including phenoxy) is 2. The Kier molecular flexibility index (Phi) is 3.74. The highest BCUT2D eigenvalue weighted by Crippen LogP contribution is 2.27. The van der Waals surface area contributed by atoms with Crippen molar-refractivity contribution in [2.75, 3.05) is 13.7 Å². The number of rotatable bonds is 3. The standard InChI is InChI=1S/C14H16FNO3/c1-4-5-19-14(17)16-9(2)6-10-7-13(18-3)11(15)8-12(10)16/h6-8H,4-5H2,1-3H3. The van der Waals surface area contributed by atoms with Crippen LogP contribution in [-0.4, -0.2) is 24.4 Å². The van der Waals surface area contributed by atoms with Crippen LogP contribution in [0.5, 0.6) is 5.75 Å². The third-order valence-electron chi connectivity index (χ3n) is 2.87. The van der Waals surface area contributed by atoms with Gasteiger partial charge in [-0.2, -0.15) is 0 Å². The second kappa shape index (κ2) is 5.30. The van der Waals surface area contributed by atoms with Crippen LogP contribution < -0.4 is 4.74 Å². The molecule has 19 heavy (non-hydrogen) atoms. The molecule has 0 saturated heterocycles. The summed E-state index contributed by atoms with van der Waals surface area (Å²) in [4.78, 5) is 12.0. The quantitative estimate of drug-likeness (QED) is 0.852. The summed E-state index contributed by atoms with van der Waals surface area (Å²) in [6.45, 7) is 4.03. The van der Waals surface area contributed by atoms with Gasteiger partial charge in [-0.3, -0.25) is 0 Å². The van der Waals surface area contributed by atoms with Crippen molar-refractivity contribution in [2.24, 2.45) is 0 Å². The van der Waals surface area contributed by atoms with Crippen molar-refractivity contribution >= 4 is 17.0 Å². The van der Waals surface area contributed by atoms with E-state index in [1.54, 1.807) is 19.1 Å². The van der Waals surface area contributed by atoms with Crippen molar-refractivity contribution in [2.45, 2.75) is 20.3 Å². The molecule has 0 unspecified atom stereocenters. The average Bonchev–Trinajstić information content (AvgIpc) is 2.70. The molecule has 1 aromatic carbocycles. The summed E-state index contributed by atoms with van der Waals surface area (Å²) in [6.07, 6.45) is 0.255. The van der Waals surface area contributed by atoms with E-state index in [2.05, 4.69) is 0 Å². The van der Waals surface area contributed by atoms with Crippen LogP contribution in [0.4, 0.5) is 9.18 Å². The number of hydrogen-bond acceptors (Lipinski definition) is 3. The van der Waals surface area contributed by atoms with Crippen molar-refractivity contribution in [3.8, 4) is 5.75 Å². The van der Waals surface area contributed by atoms with Crippen molar-refractivity contribution in [3.63, 3.8) is 0 Å². The van der Waals surface area contributed by atoms with Crippen LogP contribution >= 0.6 is 0 Å². The summed E-state index contributed by atoms with van der Waals surface area (Å²) in [6, 6.07) is 4.65. The van der Waals surface area contributed by atoms with Gasteiger partial charge in [-0.05, 0) is 25.5 Å².